The second-order valence-electron chi connectivity index (χ2n) is 6.57. The Morgan fingerprint density at radius 2 is 1.87 bits per heavy atom. The first-order valence-corrected chi connectivity index (χ1v) is 10.3. The number of hydrogen-bond donors (Lipinski definition) is 1. The fourth-order valence-electron chi connectivity index (χ4n) is 3.02. The number of nitrogens with one attached hydrogen (secondary N) is 1. The summed E-state index contributed by atoms with van der Waals surface area (Å²) in [5, 5.41) is 17.9. The topological polar surface area (TPSA) is 143 Å². The average molecular weight is 452 g/mol. The molecule has 2 heterocycles. The molecule has 31 heavy (non-hydrogen) atoms. The number of nitrogens with zero attached hydrogens (tertiary/aromatic N) is 3. The third-order valence-electron chi connectivity index (χ3n) is 4.47. The summed E-state index contributed by atoms with van der Waals surface area (Å²) in [5.74, 6) is -1.94. The summed E-state index contributed by atoms with van der Waals surface area (Å²) in [6.45, 7) is 7.59. The van der Waals surface area contributed by atoms with Crippen LogP contribution in [0.3, 0.4) is 0 Å². The lowest BCUT2D eigenvalue weighted by Crippen LogP contribution is -2.24. The van der Waals surface area contributed by atoms with Crippen molar-refractivity contribution in [1.82, 2.24) is 9.78 Å². The number of thiophene rings is 1. The zero-order chi connectivity index (χ0) is 23.3. The van der Waals surface area contributed by atoms with Gasteiger partial charge >= 0.3 is 17.6 Å². The second kappa shape index (κ2) is 10.2. The third kappa shape index (κ3) is 5.45. The van der Waals surface area contributed by atoms with Crippen LogP contribution in [0.5, 0.6) is 0 Å². The Hall–Kier alpha value is -3.28. The highest BCUT2D eigenvalue weighted by Gasteiger charge is 2.25. The van der Waals surface area contributed by atoms with E-state index < -0.39 is 29.4 Å². The molecule has 0 aliphatic heterocycles. The van der Waals surface area contributed by atoms with Gasteiger partial charge in [-0.25, -0.2) is 4.79 Å². The smallest absolute Gasteiger partial charge is 0.341 e. The molecule has 0 saturated heterocycles. The minimum atomic E-state index is -0.780. The van der Waals surface area contributed by atoms with Gasteiger partial charge in [-0.05, 0) is 39.7 Å². The standard InChI is InChI=1S/C19H24N4O7S/c1-6-13-10(3)16(19(26)29-7-2)18(31-13)20-14(24)9-30-15(25)8-22-12(5)17(23(27)28)11(4)21-22/h6-9H2,1-5H3,(H,20,24). The van der Waals surface area contributed by atoms with Crippen molar-refractivity contribution in [3.05, 3.63) is 37.5 Å². The molecule has 0 atom stereocenters. The first-order chi connectivity index (χ1) is 14.6. The predicted molar refractivity (Wildman–Crippen MR) is 112 cm³/mol. The molecule has 0 spiro atoms. The molecule has 1 amide bonds. The van der Waals surface area contributed by atoms with Crippen LogP contribution in [0, 0.1) is 30.9 Å². The summed E-state index contributed by atoms with van der Waals surface area (Å²) in [6.07, 6.45) is 0.683. The van der Waals surface area contributed by atoms with Gasteiger partial charge in [0, 0.05) is 4.88 Å². The van der Waals surface area contributed by atoms with Crippen molar-refractivity contribution in [2.24, 2.45) is 0 Å². The summed E-state index contributed by atoms with van der Waals surface area (Å²) >= 11 is 1.26. The zero-order valence-corrected chi connectivity index (χ0v) is 18.8. The molecule has 2 rings (SSSR count). The molecule has 0 aliphatic carbocycles. The molecule has 2 aromatic rings. The number of hydrogen-bond acceptors (Lipinski definition) is 9. The molecule has 11 nitrogen and oxygen atoms in total. The van der Waals surface area contributed by atoms with Crippen LogP contribution >= 0.6 is 11.3 Å². The first-order valence-electron chi connectivity index (χ1n) is 9.53. The molecule has 0 bridgehead atoms. The van der Waals surface area contributed by atoms with Gasteiger partial charge in [0.15, 0.2) is 6.61 Å². The number of aromatic nitrogens is 2. The van der Waals surface area contributed by atoms with Gasteiger partial charge in [0.2, 0.25) is 0 Å². The number of esters is 2. The molecule has 0 radical (unpaired) electrons. The quantitative estimate of drug-likeness (QED) is 0.347. The van der Waals surface area contributed by atoms with Crippen molar-refractivity contribution < 1.29 is 28.8 Å². The van der Waals surface area contributed by atoms with Gasteiger partial charge in [0.05, 0.1) is 17.1 Å². The number of anilines is 1. The van der Waals surface area contributed by atoms with Crippen molar-refractivity contribution in [1.29, 1.82) is 0 Å². The van der Waals surface area contributed by atoms with Gasteiger partial charge in [-0.2, -0.15) is 5.10 Å². The number of carbonyl (C=O) groups is 3. The largest absolute Gasteiger partial charge is 0.462 e. The van der Waals surface area contributed by atoms with Crippen LogP contribution in [0.1, 0.15) is 46.0 Å². The van der Waals surface area contributed by atoms with E-state index in [-0.39, 0.29) is 30.2 Å². The molecular formula is C19H24N4O7S. The Morgan fingerprint density at radius 1 is 1.19 bits per heavy atom. The van der Waals surface area contributed by atoms with E-state index in [0.29, 0.717) is 17.0 Å². The molecule has 0 fully saturated rings. The van der Waals surface area contributed by atoms with Gasteiger partial charge in [0.25, 0.3) is 5.91 Å². The lowest BCUT2D eigenvalue weighted by atomic mass is 10.1. The Balaban J connectivity index is 2.03. The van der Waals surface area contributed by atoms with Crippen LogP contribution in [0.4, 0.5) is 10.7 Å². The number of nitro groups is 1. The van der Waals surface area contributed by atoms with E-state index in [2.05, 4.69) is 10.4 Å². The highest BCUT2D eigenvalue weighted by atomic mass is 32.1. The van der Waals surface area contributed by atoms with E-state index in [1.165, 1.54) is 25.2 Å². The molecule has 168 valence electrons. The Kier molecular flexibility index (Phi) is 7.86. The number of amides is 1. The number of carbonyl (C=O) groups excluding carboxylic acids is 3. The van der Waals surface area contributed by atoms with E-state index >= 15 is 0 Å². The zero-order valence-electron chi connectivity index (χ0n) is 17.9. The molecule has 0 saturated carbocycles. The maximum absolute atomic E-state index is 12.3. The minimum Gasteiger partial charge on any atom is -0.462 e. The minimum absolute atomic E-state index is 0.170. The van der Waals surface area contributed by atoms with Crippen molar-refractivity contribution >= 4 is 39.9 Å². The number of ether oxygens (including phenoxy) is 2. The summed E-state index contributed by atoms with van der Waals surface area (Å²) in [6, 6.07) is 0. The van der Waals surface area contributed by atoms with E-state index in [0.717, 1.165) is 15.1 Å². The maximum Gasteiger partial charge on any atom is 0.341 e. The van der Waals surface area contributed by atoms with Crippen LogP contribution in [0.15, 0.2) is 0 Å². The molecular weight excluding hydrogens is 428 g/mol. The van der Waals surface area contributed by atoms with Crippen molar-refractivity contribution in [3.63, 3.8) is 0 Å². The fraction of sp³-hybridized carbons (Fsp3) is 0.474. The van der Waals surface area contributed by atoms with Crippen LogP contribution in [-0.2, 0) is 32.0 Å². The third-order valence-corrected chi connectivity index (χ3v) is 5.82. The maximum atomic E-state index is 12.3. The van der Waals surface area contributed by atoms with Crippen molar-refractivity contribution in [2.45, 2.75) is 47.6 Å². The molecule has 12 heteroatoms. The highest BCUT2D eigenvalue weighted by Crippen LogP contribution is 2.34. The van der Waals surface area contributed by atoms with Gasteiger partial charge in [-0.15, -0.1) is 11.3 Å². The Morgan fingerprint density at radius 3 is 2.42 bits per heavy atom. The summed E-state index contributed by atoms with van der Waals surface area (Å²) in [5.41, 5.74) is 1.25. The fourth-order valence-corrected chi connectivity index (χ4v) is 4.17. The van der Waals surface area contributed by atoms with Gasteiger partial charge < -0.3 is 14.8 Å². The molecule has 0 unspecified atom stereocenters. The first kappa shape index (κ1) is 24.0. The van der Waals surface area contributed by atoms with Crippen molar-refractivity contribution in [2.75, 3.05) is 18.5 Å². The lowest BCUT2D eigenvalue weighted by Gasteiger charge is -2.08. The average Bonchev–Trinajstić information content (AvgIpc) is 3.15. The van der Waals surface area contributed by atoms with Gasteiger partial charge in [-0.1, -0.05) is 6.92 Å². The van der Waals surface area contributed by atoms with Gasteiger partial charge in [0.1, 0.15) is 22.9 Å². The monoisotopic (exact) mass is 452 g/mol. The van der Waals surface area contributed by atoms with Crippen LogP contribution in [-0.4, -0.2) is 45.8 Å². The SMILES string of the molecule is CCOC(=O)c1c(NC(=O)COC(=O)Cn2nc(C)c([N+](=O)[O-])c2C)sc(CC)c1C. The highest BCUT2D eigenvalue weighted by molar-refractivity contribution is 7.17. The van der Waals surface area contributed by atoms with E-state index in [1.54, 1.807) is 13.8 Å². The van der Waals surface area contributed by atoms with Crippen LogP contribution in [0.2, 0.25) is 0 Å². The normalized spacial score (nSPS) is 10.6. The van der Waals surface area contributed by atoms with E-state index in [1.807, 2.05) is 6.92 Å². The van der Waals surface area contributed by atoms with Crippen LogP contribution in [0.25, 0.3) is 0 Å². The summed E-state index contributed by atoms with van der Waals surface area (Å²) < 4.78 is 11.2. The van der Waals surface area contributed by atoms with Crippen LogP contribution < -0.4 is 5.32 Å². The van der Waals surface area contributed by atoms with E-state index in [9.17, 15) is 24.5 Å². The number of aryl methyl sites for hydroxylation is 2. The van der Waals surface area contributed by atoms with Crippen molar-refractivity contribution in [3.8, 4) is 0 Å². The Bertz CT molecular complexity index is 1030. The predicted octanol–water partition coefficient (Wildman–Crippen LogP) is 2.70. The molecule has 0 aromatic carbocycles. The number of rotatable bonds is 9. The molecule has 0 aliphatic rings. The van der Waals surface area contributed by atoms with Gasteiger partial charge in [-0.3, -0.25) is 24.4 Å². The Labute approximate surface area is 182 Å². The molecule has 2 aromatic heterocycles. The second-order valence-corrected chi connectivity index (χ2v) is 7.68. The molecule has 1 N–H and O–H groups in total. The van der Waals surface area contributed by atoms with E-state index in [4.69, 9.17) is 9.47 Å². The summed E-state index contributed by atoms with van der Waals surface area (Å²) in [7, 11) is 0. The lowest BCUT2D eigenvalue weighted by molar-refractivity contribution is -0.386. The summed E-state index contributed by atoms with van der Waals surface area (Å²) in [4.78, 5) is 48.0.